The standard InChI is InChI=1S/C13H13BN4/c1-13(2,3)12-15-11-10(16-17-12)8-6-4-5-7-9(8)18(11)14/h4-7H,1-3H3. The van der Waals surface area contributed by atoms with Gasteiger partial charge in [-0.25, -0.2) is 4.98 Å². The minimum Gasteiger partial charge on any atom is -0.381 e. The maximum atomic E-state index is 6.07. The van der Waals surface area contributed by atoms with E-state index in [1.807, 2.05) is 24.3 Å². The van der Waals surface area contributed by atoms with Crippen molar-refractivity contribution in [1.29, 1.82) is 0 Å². The molecule has 0 aliphatic carbocycles. The molecule has 0 saturated heterocycles. The van der Waals surface area contributed by atoms with Crippen LogP contribution >= 0.6 is 0 Å². The number of fused-ring (bicyclic) bond motifs is 3. The second-order valence-electron chi connectivity index (χ2n) is 5.44. The molecule has 1 aromatic carbocycles. The highest BCUT2D eigenvalue weighted by Gasteiger charge is 2.20. The number of nitrogens with zero attached hydrogens (tertiary/aromatic N) is 4. The number of benzene rings is 1. The van der Waals surface area contributed by atoms with Crippen LogP contribution in [0.4, 0.5) is 0 Å². The van der Waals surface area contributed by atoms with Gasteiger partial charge in [0.25, 0.3) is 0 Å². The Hall–Kier alpha value is -1.91. The van der Waals surface area contributed by atoms with E-state index in [-0.39, 0.29) is 5.41 Å². The van der Waals surface area contributed by atoms with Crippen molar-refractivity contribution in [3.63, 3.8) is 0 Å². The largest absolute Gasteiger partial charge is 0.381 e. The predicted octanol–water partition coefficient (Wildman–Crippen LogP) is 2.21. The fourth-order valence-electron chi connectivity index (χ4n) is 1.98. The van der Waals surface area contributed by atoms with Gasteiger partial charge in [0.05, 0.1) is 0 Å². The Balaban J connectivity index is 2.42. The first kappa shape index (κ1) is 11.2. The van der Waals surface area contributed by atoms with Gasteiger partial charge in [0.1, 0.15) is 5.52 Å². The summed E-state index contributed by atoms with van der Waals surface area (Å²) in [5.41, 5.74) is 2.20. The molecule has 18 heavy (non-hydrogen) atoms. The van der Waals surface area contributed by atoms with E-state index in [1.54, 1.807) is 4.48 Å². The molecule has 3 rings (SSSR count). The smallest absolute Gasteiger partial charge is 0.236 e. The Labute approximate surface area is 106 Å². The molecule has 5 heteroatoms. The van der Waals surface area contributed by atoms with Crippen molar-refractivity contribution in [3.05, 3.63) is 30.1 Å². The van der Waals surface area contributed by atoms with Gasteiger partial charge in [0.15, 0.2) is 11.5 Å². The highest BCUT2D eigenvalue weighted by molar-refractivity contribution is 6.19. The summed E-state index contributed by atoms with van der Waals surface area (Å²) < 4.78 is 1.58. The molecule has 2 heterocycles. The van der Waals surface area contributed by atoms with Crippen molar-refractivity contribution in [3.8, 4) is 0 Å². The highest BCUT2D eigenvalue weighted by atomic mass is 15.2. The van der Waals surface area contributed by atoms with Crippen LogP contribution in [0.15, 0.2) is 24.3 Å². The molecule has 3 aromatic rings. The molecule has 0 saturated carbocycles. The zero-order valence-electron chi connectivity index (χ0n) is 10.7. The number of para-hydroxylation sites is 1. The molecule has 0 N–H and O–H groups in total. The molecule has 0 aliphatic heterocycles. The zero-order chi connectivity index (χ0) is 12.9. The lowest BCUT2D eigenvalue weighted by Gasteiger charge is -2.15. The van der Waals surface area contributed by atoms with Crippen LogP contribution in [0.2, 0.25) is 0 Å². The maximum absolute atomic E-state index is 6.07. The fourth-order valence-corrected chi connectivity index (χ4v) is 1.98. The van der Waals surface area contributed by atoms with Crippen LogP contribution in [0.1, 0.15) is 26.6 Å². The van der Waals surface area contributed by atoms with Gasteiger partial charge in [-0.3, -0.25) is 0 Å². The van der Waals surface area contributed by atoms with Crippen LogP contribution < -0.4 is 0 Å². The van der Waals surface area contributed by atoms with E-state index >= 15 is 0 Å². The first-order chi connectivity index (χ1) is 8.48. The zero-order valence-corrected chi connectivity index (χ0v) is 10.7. The lowest BCUT2D eigenvalue weighted by Crippen LogP contribution is -2.17. The Kier molecular flexibility index (Phi) is 2.20. The third-order valence-electron chi connectivity index (χ3n) is 2.99. The third kappa shape index (κ3) is 1.50. The fraction of sp³-hybridized carbons (Fsp3) is 0.308. The molecule has 2 aromatic heterocycles. The molecule has 0 unspecified atom stereocenters. The monoisotopic (exact) mass is 236 g/mol. The molecular formula is C13H13BN4. The van der Waals surface area contributed by atoms with Gasteiger partial charge in [-0.2, -0.15) is 0 Å². The molecular weight excluding hydrogens is 223 g/mol. The van der Waals surface area contributed by atoms with Crippen LogP contribution in [0.25, 0.3) is 22.1 Å². The van der Waals surface area contributed by atoms with E-state index in [0.29, 0.717) is 11.5 Å². The number of hydrogen-bond acceptors (Lipinski definition) is 3. The topological polar surface area (TPSA) is 43.6 Å². The van der Waals surface area contributed by atoms with Crippen LogP contribution in [0.3, 0.4) is 0 Å². The van der Waals surface area contributed by atoms with Crippen molar-refractivity contribution in [1.82, 2.24) is 19.7 Å². The summed E-state index contributed by atoms with van der Waals surface area (Å²) >= 11 is 0. The summed E-state index contributed by atoms with van der Waals surface area (Å²) in [7, 11) is 6.07. The Bertz CT molecular complexity index is 740. The molecule has 88 valence electrons. The van der Waals surface area contributed by atoms with Crippen LogP contribution in [-0.4, -0.2) is 27.6 Å². The lowest BCUT2D eigenvalue weighted by atomic mass is 9.96. The summed E-state index contributed by atoms with van der Waals surface area (Å²) in [4.78, 5) is 4.55. The average Bonchev–Trinajstić information content (AvgIpc) is 2.63. The molecule has 0 fully saturated rings. The van der Waals surface area contributed by atoms with E-state index in [9.17, 15) is 0 Å². The van der Waals surface area contributed by atoms with Gasteiger partial charge >= 0.3 is 0 Å². The maximum Gasteiger partial charge on any atom is 0.236 e. The van der Waals surface area contributed by atoms with E-state index in [1.165, 1.54) is 0 Å². The van der Waals surface area contributed by atoms with Gasteiger partial charge in [-0.1, -0.05) is 39.0 Å². The number of rotatable bonds is 0. The molecule has 0 spiro atoms. The second kappa shape index (κ2) is 3.54. The first-order valence-corrected chi connectivity index (χ1v) is 5.88. The molecule has 0 aliphatic rings. The van der Waals surface area contributed by atoms with E-state index in [2.05, 4.69) is 36.0 Å². The Morgan fingerprint density at radius 2 is 1.83 bits per heavy atom. The highest BCUT2D eigenvalue weighted by Crippen LogP contribution is 2.26. The summed E-state index contributed by atoms with van der Waals surface area (Å²) in [5, 5.41) is 9.48. The van der Waals surface area contributed by atoms with Crippen molar-refractivity contribution in [2.24, 2.45) is 0 Å². The summed E-state index contributed by atoms with van der Waals surface area (Å²) in [6, 6.07) is 7.84. The van der Waals surface area contributed by atoms with E-state index < -0.39 is 0 Å². The Morgan fingerprint density at radius 1 is 1.11 bits per heavy atom. The van der Waals surface area contributed by atoms with Crippen LogP contribution in [0.5, 0.6) is 0 Å². The number of aromatic nitrogens is 4. The quantitative estimate of drug-likeness (QED) is 0.562. The van der Waals surface area contributed by atoms with Crippen molar-refractivity contribution >= 4 is 30.0 Å². The normalized spacial score (nSPS) is 12.4. The minimum absolute atomic E-state index is 0.141. The molecule has 2 radical (unpaired) electrons. The van der Waals surface area contributed by atoms with Crippen LogP contribution in [0, 0.1) is 0 Å². The van der Waals surface area contributed by atoms with E-state index in [0.717, 1.165) is 16.4 Å². The molecule has 0 atom stereocenters. The third-order valence-corrected chi connectivity index (χ3v) is 2.99. The Morgan fingerprint density at radius 3 is 2.56 bits per heavy atom. The summed E-state index contributed by atoms with van der Waals surface area (Å²) in [6.07, 6.45) is 0. The van der Waals surface area contributed by atoms with Crippen LogP contribution in [-0.2, 0) is 5.41 Å². The van der Waals surface area contributed by atoms with Crippen molar-refractivity contribution in [2.45, 2.75) is 26.2 Å². The SMILES string of the molecule is [B]n1c2ccccc2c2nnc(C(C)(C)C)nc21. The lowest BCUT2D eigenvalue weighted by molar-refractivity contribution is 0.537. The summed E-state index contributed by atoms with van der Waals surface area (Å²) in [5.74, 6) is 0.699. The molecule has 0 amide bonds. The van der Waals surface area contributed by atoms with Crippen molar-refractivity contribution < 1.29 is 0 Å². The second-order valence-corrected chi connectivity index (χ2v) is 5.44. The van der Waals surface area contributed by atoms with Gasteiger partial charge in [-0.05, 0) is 6.07 Å². The van der Waals surface area contributed by atoms with E-state index in [4.69, 9.17) is 7.98 Å². The molecule has 0 bridgehead atoms. The van der Waals surface area contributed by atoms with Gasteiger partial charge in [0.2, 0.25) is 7.98 Å². The van der Waals surface area contributed by atoms with Gasteiger partial charge in [0, 0.05) is 16.3 Å². The van der Waals surface area contributed by atoms with Gasteiger partial charge in [-0.15, -0.1) is 10.2 Å². The molecule has 4 nitrogen and oxygen atoms in total. The van der Waals surface area contributed by atoms with Crippen molar-refractivity contribution in [2.75, 3.05) is 0 Å². The average molecular weight is 236 g/mol. The summed E-state index contributed by atoms with van der Waals surface area (Å²) in [6.45, 7) is 6.16. The first-order valence-electron chi connectivity index (χ1n) is 5.88. The minimum atomic E-state index is -0.141. The number of hydrogen-bond donors (Lipinski definition) is 0. The predicted molar refractivity (Wildman–Crippen MR) is 72.7 cm³/mol. The van der Waals surface area contributed by atoms with Gasteiger partial charge < -0.3 is 4.48 Å².